The fourth-order valence-corrected chi connectivity index (χ4v) is 0. The number of hydrogen-bond donors (Lipinski definition) is 4. The van der Waals surface area contributed by atoms with Gasteiger partial charge in [-0.1, -0.05) is 6.92 Å². The molecule has 1 unspecified atom stereocenters. The van der Waals surface area contributed by atoms with Crippen LogP contribution in [-0.2, 0) is 4.79 Å². The van der Waals surface area contributed by atoms with Gasteiger partial charge in [0.05, 0.1) is 12.7 Å². The minimum Gasteiger partial charge on any atom is -0.481 e. The predicted molar refractivity (Wildman–Crippen MR) is 41.7 cm³/mol. The van der Waals surface area contributed by atoms with Gasteiger partial charge in [-0.2, -0.15) is 0 Å². The second kappa shape index (κ2) is 12.1. The Labute approximate surface area is 66.2 Å². The number of aliphatic hydroxyl groups is 2. The summed E-state index contributed by atoms with van der Waals surface area (Å²) in [7, 11) is 0. The lowest BCUT2D eigenvalue weighted by molar-refractivity contribution is -0.136. The van der Waals surface area contributed by atoms with Gasteiger partial charge in [-0.25, -0.2) is 0 Å². The highest BCUT2D eigenvalue weighted by Crippen LogP contribution is 1.68. The van der Waals surface area contributed by atoms with E-state index in [9.17, 15) is 4.79 Å². The van der Waals surface area contributed by atoms with Crippen molar-refractivity contribution in [3.8, 4) is 0 Å². The van der Waals surface area contributed by atoms with E-state index in [-0.39, 0.29) is 19.2 Å². The maximum Gasteiger partial charge on any atom is 0.303 e. The van der Waals surface area contributed by atoms with Crippen LogP contribution in [-0.4, -0.2) is 34.0 Å². The minimum atomic E-state index is -0.745. The van der Waals surface area contributed by atoms with Crippen molar-refractivity contribution in [3.05, 3.63) is 0 Å². The van der Waals surface area contributed by atoms with Crippen LogP contribution in [0.2, 0.25) is 0 Å². The first kappa shape index (κ1) is 16.7. The lowest BCUT2D eigenvalue weighted by atomic mass is 10.5. The Balaban J connectivity index is -0.000000107. The summed E-state index contributed by atoms with van der Waals surface area (Å²) in [6.45, 7) is 2.99. The van der Waals surface area contributed by atoms with Crippen molar-refractivity contribution in [2.24, 2.45) is 0 Å². The monoisotopic (exact) mass is 167 g/mol. The Morgan fingerprint density at radius 1 is 1.55 bits per heavy atom. The van der Waals surface area contributed by atoms with E-state index in [1.165, 1.54) is 6.92 Å². The van der Waals surface area contributed by atoms with Crippen molar-refractivity contribution in [3.63, 3.8) is 0 Å². The molecule has 70 valence electrons. The highest BCUT2D eigenvalue weighted by atomic mass is 16.4. The molecular formula is C6H17NO4. The summed E-state index contributed by atoms with van der Waals surface area (Å²) in [5.74, 6) is -0.745. The van der Waals surface area contributed by atoms with Crippen molar-refractivity contribution < 1.29 is 20.1 Å². The molecular weight excluding hydrogens is 150 g/mol. The normalized spacial score (nSPS) is 10.2. The first-order chi connectivity index (χ1) is 4.54. The van der Waals surface area contributed by atoms with Crippen LogP contribution >= 0.6 is 0 Å². The van der Waals surface area contributed by atoms with E-state index in [2.05, 4.69) is 0 Å². The minimum absolute atomic E-state index is 0. The SMILES string of the molecule is CC(O)CO.CCC(=O)O.N. The summed E-state index contributed by atoms with van der Waals surface area (Å²) >= 11 is 0. The first-order valence-corrected chi connectivity index (χ1v) is 3.05. The number of carboxylic acid groups (broad SMARTS) is 1. The Morgan fingerprint density at radius 2 is 1.73 bits per heavy atom. The van der Waals surface area contributed by atoms with Gasteiger partial charge in [-0.15, -0.1) is 0 Å². The average molecular weight is 167 g/mol. The van der Waals surface area contributed by atoms with E-state index in [0.717, 1.165) is 0 Å². The maximum absolute atomic E-state index is 9.37. The zero-order chi connectivity index (χ0) is 8.57. The van der Waals surface area contributed by atoms with E-state index < -0.39 is 12.1 Å². The smallest absolute Gasteiger partial charge is 0.303 e. The second-order valence-electron chi connectivity index (χ2n) is 1.78. The topological polar surface area (TPSA) is 113 Å². The summed E-state index contributed by atoms with van der Waals surface area (Å²) in [6, 6.07) is 0. The van der Waals surface area contributed by atoms with Crippen LogP contribution in [0.4, 0.5) is 0 Å². The van der Waals surface area contributed by atoms with E-state index in [1.54, 1.807) is 6.92 Å². The van der Waals surface area contributed by atoms with Gasteiger partial charge in [0.15, 0.2) is 0 Å². The number of rotatable bonds is 2. The van der Waals surface area contributed by atoms with Gasteiger partial charge >= 0.3 is 5.97 Å². The highest BCUT2D eigenvalue weighted by Gasteiger charge is 1.83. The quantitative estimate of drug-likeness (QED) is 0.462. The first-order valence-electron chi connectivity index (χ1n) is 3.05. The molecule has 11 heavy (non-hydrogen) atoms. The van der Waals surface area contributed by atoms with Crippen LogP contribution < -0.4 is 6.15 Å². The summed E-state index contributed by atoms with van der Waals surface area (Å²) in [5, 5.41) is 23.7. The summed E-state index contributed by atoms with van der Waals surface area (Å²) in [6.07, 6.45) is -0.338. The fourth-order valence-electron chi connectivity index (χ4n) is 0. The van der Waals surface area contributed by atoms with Crippen molar-refractivity contribution in [1.82, 2.24) is 6.15 Å². The van der Waals surface area contributed by atoms with Crippen LogP contribution in [0, 0.1) is 0 Å². The average Bonchev–Trinajstić information content (AvgIpc) is 1.89. The number of hydrogen-bond acceptors (Lipinski definition) is 4. The lowest BCUT2D eigenvalue weighted by Gasteiger charge is -1.90. The fraction of sp³-hybridized carbons (Fsp3) is 0.833. The van der Waals surface area contributed by atoms with Crippen LogP contribution in [0.3, 0.4) is 0 Å². The zero-order valence-corrected chi connectivity index (χ0v) is 6.95. The molecule has 5 heteroatoms. The van der Waals surface area contributed by atoms with Crippen molar-refractivity contribution in [1.29, 1.82) is 0 Å². The molecule has 0 aliphatic rings. The van der Waals surface area contributed by atoms with Gasteiger partial charge < -0.3 is 21.5 Å². The molecule has 0 bridgehead atoms. The van der Waals surface area contributed by atoms with Gasteiger partial charge in [0, 0.05) is 6.42 Å². The molecule has 0 radical (unpaired) electrons. The standard InChI is InChI=1S/C3H8O2.C3H6O2.H3N/c1-3(5)2-4;1-2-3(4)5;/h3-5H,2H2,1H3;2H2,1H3,(H,4,5);1H3. The molecule has 0 fully saturated rings. The third kappa shape index (κ3) is 45.0. The maximum atomic E-state index is 9.37. The number of carbonyl (C=O) groups is 1. The zero-order valence-electron chi connectivity index (χ0n) is 6.95. The molecule has 0 heterocycles. The number of aliphatic hydroxyl groups excluding tert-OH is 2. The van der Waals surface area contributed by atoms with E-state index in [1.807, 2.05) is 0 Å². The predicted octanol–water partition coefficient (Wildman–Crippen LogP) is 0.00250. The van der Waals surface area contributed by atoms with Crippen LogP contribution in [0.15, 0.2) is 0 Å². The van der Waals surface area contributed by atoms with Gasteiger partial charge in [-0.05, 0) is 6.92 Å². The molecule has 0 aromatic rings. The third-order valence-corrected chi connectivity index (χ3v) is 0.567. The molecule has 0 aromatic heterocycles. The Hall–Kier alpha value is -0.650. The summed E-state index contributed by atoms with van der Waals surface area (Å²) in [4.78, 5) is 9.37. The highest BCUT2D eigenvalue weighted by molar-refractivity contribution is 5.66. The van der Waals surface area contributed by atoms with E-state index in [0.29, 0.717) is 0 Å². The Morgan fingerprint density at radius 3 is 1.73 bits per heavy atom. The van der Waals surface area contributed by atoms with Crippen molar-refractivity contribution in [2.45, 2.75) is 26.4 Å². The molecule has 0 spiro atoms. The van der Waals surface area contributed by atoms with Crippen LogP contribution in [0.25, 0.3) is 0 Å². The molecule has 6 N–H and O–H groups in total. The summed E-state index contributed by atoms with van der Waals surface area (Å²) < 4.78 is 0. The Bertz CT molecular complexity index is 84.7. The van der Waals surface area contributed by atoms with E-state index in [4.69, 9.17) is 15.3 Å². The molecule has 5 nitrogen and oxygen atoms in total. The van der Waals surface area contributed by atoms with Crippen molar-refractivity contribution >= 4 is 5.97 Å². The van der Waals surface area contributed by atoms with Crippen LogP contribution in [0.1, 0.15) is 20.3 Å². The van der Waals surface area contributed by atoms with Gasteiger partial charge in [0.2, 0.25) is 0 Å². The van der Waals surface area contributed by atoms with Gasteiger partial charge in [0.25, 0.3) is 0 Å². The third-order valence-electron chi connectivity index (χ3n) is 0.567. The second-order valence-corrected chi connectivity index (χ2v) is 1.78. The molecule has 0 saturated carbocycles. The molecule has 0 rings (SSSR count). The number of carboxylic acids is 1. The molecule has 1 atom stereocenters. The molecule has 0 aliphatic heterocycles. The van der Waals surface area contributed by atoms with Crippen LogP contribution in [0.5, 0.6) is 0 Å². The van der Waals surface area contributed by atoms with E-state index >= 15 is 0 Å². The largest absolute Gasteiger partial charge is 0.481 e. The molecule has 0 saturated heterocycles. The Kier molecular flexibility index (Phi) is 18.4. The number of aliphatic carboxylic acids is 1. The molecule has 0 amide bonds. The van der Waals surface area contributed by atoms with Crippen molar-refractivity contribution in [2.75, 3.05) is 6.61 Å². The molecule has 0 aliphatic carbocycles. The van der Waals surface area contributed by atoms with Gasteiger partial charge in [-0.3, -0.25) is 4.79 Å². The van der Waals surface area contributed by atoms with Gasteiger partial charge in [0.1, 0.15) is 0 Å². The summed E-state index contributed by atoms with van der Waals surface area (Å²) in [5.41, 5.74) is 0. The lowest BCUT2D eigenvalue weighted by Crippen LogP contribution is -2.03. The molecule has 0 aromatic carbocycles.